The Labute approximate surface area is 123 Å². The molecular weight excluding hydrogens is 274 g/mol. The number of benzene rings is 2. The summed E-state index contributed by atoms with van der Waals surface area (Å²) in [5.41, 5.74) is 1.77. The van der Waals surface area contributed by atoms with E-state index in [4.69, 9.17) is 16.3 Å². The van der Waals surface area contributed by atoms with E-state index in [2.05, 4.69) is 0 Å². The summed E-state index contributed by atoms with van der Waals surface area (Å²) < 4.78 is 5.50. The van der Waals surface area contributed by atoms with Gasteiger partial charge in [-0.15, -0.1) is 0 Å². The maximum atomic E-state index is 12.0. The molecule has 0 saturated carbocycles. The fourth-order valence-corrected chi connectivity index (χ4v) is 1.86. The SMILES string of the molecule is Cc1cc(OCC(=O)N(C)c2ccccc2)ccc1Cl. The van der Waals surface area contributed by atoms with Crippen LogP contribution in [0.3, 0.4) is 0 Å². The summed E-state index contributed by atoms with van der Waals surface area (Å²) in [6, 6.07) is 14.8. The minimum absolute atomic E-state index is 0.00747. The lowest BCUT2D eigenvalue weighted by atomic mass is 10.2. The average Bonchev–Trinajstić information content (AvgIpc) is 2.48. The summed E-state index contributed by atoms with van der Waals surface area (Å²) in [6.07, 6.45) is 0. The van der Waals surface area contributed by atoms with E-state index in [-0.39, 0.29) is 12.5 Å². The topological polar surface area (TPSA) is 29.5 Å². The molecule has 0 heterocycles. The van der Waals surface area contributed by atoms with Gasteiger partial charge in [-0.1, -0.05) is 29.8 Å². The van der Waals surface area contributed by atoms with Crippen molar-refractivity contribution in [3.63, 3.8) is 0 Å². The third-order valence-corrected chi connectivity index (χ3v) is 3.43. The monoisotopic (exact) mass is 289 g/mol. The van der Waals surface area contributed by atoms with Crippen LogP contribution >= 0.6 is 11.6 Å². The van der Waals surface area contributed by atoms with E-state index in [1.807, 2.05) is 43.3 Å². The van der Waals surface area contributed by atoms with Crippen molar-refractivity contribution in [3.05, 3.63) is 59.1 Å². The van der Waals surface area contributed by atoms with Gasteiger partial charge in [-0.05, 0) is 42.8 Å². The number of anilines is 1. The van der Waals surface area contributed by atoms with Gasteiger partial charge in [0.25, 0.3) is 5.91 Å². The molecule has 0 N–H and O–H groups in total. The predicted molar refractivity (Wildman–Crippen MR) is 81.5 cm³/mol. The molecule has 0 aliphatic rings. The molecule has 104 valence electrons. The first-order chi connectivity index (χ1) is 9.58. The van der Waals surface area contributed by atoms with Gasteiger partial charge in [-0.25, -0.2) is 0 Å². The molecule has 4 heteroatoms. The maximum Gasteiger partial charge on any atom is 0.264 e. The second kappa shape index (κ2) is 6.44. The molecule has 2 aromatic carbocycles. The number of carbonyl (C=O) groups is 1. The number of halogens is 1. The molecule has 1 amide bonds. The summed E-state index contributed by atoms with van der Waals surface area (Å²) in [4.78, 5) is 13.6. The van der Waals surface area contributed by atoms with Crippen molar-refractivity contribution in [2.75, 3.05) is 18.6 Å². The minimum atomic E-state index is -0.108. The van der Waals surface area contributed by atoms with Crippen molar-refractivity contribution in [3.8, 4) is 5.75 Å². The van der Waals surface area contributed by atoms with Crippen molar-refractivity contribution in [2.45, 2.75) is 6.92 Å². The number of nitrogens with zero attached hydrogens (tertiary/aromatic N) is 1. The molecule has 0 aliphatic heterocycles. The highest BCUT2D eigenvalue weighted by Gasteiger charge is 2.11. The molecule has 0 unspecified atom stereocenters. The summed E-state index contributed by atoms with van der Waals surface area (Å²) in [5.74, 6) is 0.533. The van der Waals surface area contributed by atoms with Gasteiger partial charge in [0.1, 0.15) is 5.75 Å². The summed E-state index contributed by atoms with van der Waals surface area (Å²) in [6.45, 7) is 1.89. The van der Waals surface area contributed by atoms with Crippen molar-refractivity contribution in [2.24, 2.45) is 0 Å². The van der Waals surface area contributed by atoms with Crippen molar-refractivity contribution >= 4 is 23.2 Å². The molecule has 20 heavy (non-hydrogen) atoms. The molecule has 2 aromatic rings. The zero-order chi connectivity index (χ0) is 14.5. The lowest BCUT2D eigenvalue weighted by Gasteiger charge is -2.17. The molecule has 0 spiro atoms. The number of amides is 1. The van der Waals surface area contributed by atoms with Gasteiger partial charge in [0.15, 0.2) is 6.61 Å². The molecule has 0 radical (unpaired) electrons. The lowest BCUT2D eigenvalue weighted by Crippen LogP contribution is -2.31. The normalized spacial score (nSPS) is 10.2. The van der Waals surface area contributed by atoms with Crippen LogP contribution < -0.4 is 9.64 Å². The van der Waals surface area contributed by atoms with E-state index < -0.39 is 0 Å². The van der Waals surface area contributed by atoms with Crippen molar-refractivity contribution < 1.29 is 9.53 Å². The second-order valence-corrected chi connectivity index (χ2v) is 4.90. The Morgan fingerprint density at radius 2 is 1.90 bits per heavy atom. The number of ether oxygens (including phenoxy) is 1. The van der Waals surface area contributed by atoms with Gasteiger partial charge in [-0.2, -0.15) is 0 Å². The molecule has 0 saturated heterocycles. The van der Waals surface area contributed by atoms with E-state index >= 15 is 0 Å². The third kappa shape index (κ3) is 3.52. The predicted octanol–water partition coefficient (Wildman–Crippen LogP) is 3.69. The van der Waals surface area contributed by atoms with E-state index in [0.29, 0.717) is 10.8 Å². The Hall–Kier alpha value is -2.00. The van der Waals surface area contributed by atoms with Gasteiger partial charge >= 0.3 is 0 Å². The smallest absolute Gasteiger partial charge is 0.264 e. The molecule has 0 fully saturated rings. The first kappa shape index (κ1) is 14.4. The largest absolute Gasteiger partial charge is 0.484 e. The highest BCUT2D eigenvalue weighted by Crippen LogP contribution is 2.21. The number of hydrogen-bond donors (Lipinski definition) is 0. The van der Waals surface area contributed by atoms with E-state index in [0.717, 1.165) is 11.3 Å². The van der Waals surface area contributed by atoms with Crippen LogP contribution in [-0.2, 0) is 4.79 Å². The van der Waals surface area contributed by atoms with Crippen LogP contribution in [-0.4, -0.2) is 19.6 Å². The average molecular weight is 290 g/mol. The fourth-order valence-electron chi connectivity index (χ4n) is 1.74. The fraction of sp³-hybridized carbons (Fsp3) is 0.188. The van der Waals surface area contributed by atoms with Gasteiger partial charge < -0.3 is 9.64 Å². The maximum absolute atomic E-state index is 12.0. The second-order valence-electron chi connectivity index (χ2n) is 4.49. The van der Waals surface area contributed by atoms with E-state index in [1.54, 1.807) is 24.1 Å². The number of aryl methyl sites for hydroxylation is 1. The van der Waals surface area contributed by atoms with E-state index in [1.165, 1.54) is 0 Å². The molecule has 0 atom stereocenters. The Balaban J connectivity index is 1.96. The standard InChI is InChI=1S/C16H16ClNO2/c1-12-10-14(8-9-15(12)17)20-11-16(19)18(2)13-6-4-3-5-7-13/h3-10H,11H2,1-2H3. The molecule has 3 nitrogen and oxygen atoms in total. The van der Waals surface area contributed by atoms with Crippen LogP contribution in [0.4, 0.5) is 5.69 Å². The van der Waals surface area contributed by atoms with Crippen LogP contribution in [0, 0.1) is 6.92 Å². The number of carbonyl (C=O) groups excluding carboxylic acids is 1. The van der Waals surface area contributed by atoms with Gasteiger partial charge in [0.05, 0.1) is 0 Å². The minimum Gasteiger partial charge on any atom is -0.484 e. The quantitative estimate of drug-likeness (QED) is 0.859. The molecule has 0 aliphatic carbocycles. The molecule has 0 aromatic heterocycles. The van der Waals surface area contributed by atoms with Crippen LogP contribution in [0.1, 0.15) is 5.56 Å². The highest BCUT2D eigenvalue weighted by atomic mass is 35.5. The highest BCUT2D eigenvalue weighted by molar-refractivity contribution is 6.31. The summed E-state index contributed by atoms with van der Waals surface area (Å²) in [5, 5.41) is 0.685. The third-order valence-electron chi connectivity index (χ3n) is 3.01. The summed E-state index contributed by atoms with van der Waals surface area (Å²) >= 11 is 5.94. The number of likely N-dealkylation sites (N-methyl/N-ethyl adjacent to an activating group) is 1. The Morgan fingerprint density at radius 3 is 2.55 bits per heavy atom. The van der Waals surface area contributed by atoms with Crippen LogP contribution in [0.15, 0.2) is 48.5 Å². The summed E-state index contributed by atoms with van der Waals surface area (Å²) in [7, 11) is 1.73. The Morgan fingerprint density at radius 1 is 1.20 bits per heavy atom. The number of hydrogen-bond acceptors (Lipinski definition) is 2. The zero-order valence-corrected chi connectivity index (χ0v) is 12.2. The van der Waals surface area contributed by atoms with Crippen LogP contribution in [0.2, 0.25) is 5.02 Å². The number of rotatable bonds is 4. The van der Waals surface area contributed by atoms with Crippen molar-refractivity contribution in [1.82, 2.24) is 0 Å². The van der Waals surface area contributed by atoms with Gasteiger partial charge in [-0.3, -0.25) is 4.79 Å². The van der Waals surface area contributed by atoms with Crippen LogP contribution in [0.5, 0.6) is 5.75 Å². The number of para-hydroxylation sites is 1. The van der Waals surface area contributed by atoms with Gasteiger partial charge in [0, 0.05) is 17.8 Å². The van der Waals surface area contributed by atoms with Gasteiger partial charge in [0.2, 0.25) is 0 Å². The first-order valence-electron chi connectivity index (χ1n) is 6.28. The Kier molecular flexibility index (Phi) is 4.64. The molecule has 0 bridgehead atoms. The Bertz CT molecular complexity index is 599. The molecule has 2 rings (SSSR count). The van der Waals surface area contributed by atoms with Crippen molar-refractivity contribution in [1.29, 1.82) is 0 Å². The molecular formula is C16H16ClNO2. The van der Waals surface area contributed by atoms with E-state index in [9.17, 15) is 4.79 Å². The first-order valence-corrected chi connectivity index (χ1v) is 6.66. The lowest BCUT2D eigenvalue weighted by molar-refractivity contribution is -0.120. The zero-order valence-electron chi connectivity index (χ0n) is 11.5. The van der Waals surface area contributed by atoms with Crippen LogP contribution in [0.25, 0.3) is 0 Å².